The number of halogens is 1. The summed E-state index contributed by atoms with van der Waals surface area (Å²) in [6.45, 7) is 10.0. The van der Waals surface area contributed by atoms with E-state index >= 15 is 0 Å². The first kappa shape index (κ1) is 20.3. The molecule has 1 aromatic carbocycles. The number of pyridine rings is 1. The molecule has 0 amide bonds. The number of aryl methyl sites for hydroxylation is 2. The second-order valence-electron chi connectivity index (χ2n) is 6.31. The van der Waals surface area contributed by atoms with Crippen LogP contribution in [0.25, 0.3) is 21.9 Å². The van der Waals surface area contributed by atoms with Gasteiger partial charge in [0, 0.05) is 19.3 Å². The zero-order chi connectivity index (χ0) is 18.1. The van der Waals surface area contributed by atoms with Crippen LogP contribution in [0.3, 0.4) is 0 Å². The number of rotatable bonds is 6. The lowest BCUT2D eigenvalue weighted by molar-refractivity contribution is 0.284. The maximum absolute atomic E-state index is 13.1. The van der Waals surface area contributed by atoms with Gasteiger partial charge >= 0.3 is 0 Å². The summed E-state index contributed by atoms with van der Waals surface area (Å²) in [6, 6.07) is 5.60. The Morgan fingerprint density at radius 1 is 1.23 bits per heavy atom. The number of likely N-dealkylation sites (N-methyl/N-ethyl adjacent to an activating group) is 1. The molecule has 0 bridgehead atoms. The van der Waals surface area contributed by atoms with E-state index < -0.39 is 0 Å². The molecule has 26 heavy (non-hydrogen) atoms. The Morgan fingerprint density at radius 3 is 2.54 bits per heavy atom. The number of ether oxygens (including phenoxy) is 1. The van der Waals surface area contributed by atoms with Crippen molar-refractivity contribution < 1.29 is 4.74 Å². The lowest BCUT2D eigenvalue weighted by atomic mass is 10.1. The van der Waals surface area contributed by atoms with Crippen LogP contribution < -0.4 is 10.2 Å². The summed E-state index contributed by atoms with van der Waals surface area (Å²) in [7, 11) is 3.57. The highest BCUT2D eigenvalue weighted by atomic mass is 35.5. The number of hydrogen-bond acceptors (Lipinski definition) is 4. The van der Waals surface area contributed by atoms with E-state index in [2.05, 4.69) is 18.7 Å². The molecule has 0 atom stereocenters. The third-order valence-corrected chi connectivity index (χ3v) is 5.06. The van der Waals surface area contributed by atoms with Crippen molar-refractivity contribution in [3.63, 3.8) is 0 Å². The second kappa shape index (κ2) is 8.10. The molecule has 0 spiro atoms. The summed E-state index contributed by atoms with van der Waals surface area (Å²) in [5.41, 5.74) is 2.55. The molecule has 0 aliphatic carbocycles. The van der Waals surface area contributed by atoms with Gasteiger partial charge in [0.05, 0.1) is 29.9 Å². The molecule has 0 radical (unpaired) electrons. The van der Waals surface area contributed by atoms with Crippen molar-refractivity contribution in [2.75, 3.05) is 26.7 Å². The second-order valence-corrected chi connectivity index (χ2v) is 6.31. The summed E-state index contributed by atoms with van der Waals surface area (Å²) in [5.74, 6) is 0.690. The predicted molar refractivity (Wildman–Crippen MR) is 109 cm³/mol. The Labute approximate surface area is 159 Å². The smallest absolute Gasteiger partial charge is 0.200 e. The molecule has 0 fully saturated rings. The average Bonchev–Trinajstić information content (AvgIpc) is 2.97. The van der Waals surface area contributed by atoms with Gasteiger partial charge in [0.2, 0.25) is 5.43 Å². The van der Waals surface area contributed by atoms with Crippen LogP contribution in [0, 0.1) is 6.92 Å². The van der Waals surface area contributed by atoms with E-state index in [9.17, 15) is 4.79 Å². The van der Waals surface area contributed by atoms with Gasteiger partial charge in [-0.15, -0.1) is 12.4 Å². The molecule has 0 aliphatic heterocycles. The Morgan fingerprint density at radius 2 is 1.92 bits per heavy atom. The summed E-state index contributed by atoms with van der Waals surface area (Å²) in [6.07, 6.45) is 0. The fraction of sp³-hybridized carbons (Fsp3) is 0.474. The quantitative estimate of drug-likeness (QED) is 0.661. The lowest BCUT2D eigenvalue weighted by Gasteiger charge is -2.17. The largest absolute Gasteiger partial charge is 0.497 e. The van der Waals surface area contributed by atoms with Crippen molar-refractivity contribution in [3.8, 4) is 5.75 Å². The predicted octanol–water partition coefficient (Wildman–Crippen LogP) is 2.97. The van der Waals surface area contributed by atoms with Crippen LogP contribution in [0.4, 0.5) is 0 Å². The van der Waals surface area contributed by atoms with E-state index in [4.69, 9.17) is 9.84 Å². The third-order valence-electron chi connectivity index (χ3n) is 5.06. The van der Waals surface area contributed by atoms with Gasteiger partial charge in [-0.3, -0.25) is 9.48 Å². The number of aromatic nitrogens is 3. The van der Waals surface area contributed by atoms with E-state index in [0.717, 1.165) is 43.0 Å². The van der Waals surface area contributed by atoms with Crippen molar-refractivity contribution in [2.45, 2.75) is 27.3 Å². The molecule has 3 rings (SSSR count). The maximum Gasteiger partial charge on any atom is 0.200 e. The number of fused-ring (bicyclic) bond motifs is 2. The van der Waals surface area contributed by atoms with Gasteiger partial charge in [-0.25, -0.2) is 0 Å². The molecular formula is C19H27ClN4O2. The molecule has 7 heteroatoms. The summed E-state index contributed by atoms with van der Waals surface area (Å²) >= 11 is 0. The first-order valence-electron chi connectivity index (χ1n) is 8.78. The van der Waals surface area contributed by atoms with Gasteiger partial charge in [-0.2, -0.15) is 5.10 Å². The van der Waals surface area contributed by atoms with E-state index in [0.29, 0.717) is 16.5 Å². The molecule has 2 aromatic heterocycles. The van der Waals surface area contributed by atoms with Crippen LogP contribution in [0.5, 0.6) is 5.75 Å². The molecular weight excluding hydrogens is 352 g/mol. The maximum atomic E-state index is 13.1. The minimum atomic E-state index is 0. The molecule has 0 saturated carbocycles. The molecule has 2 heterocycles. The molecule has 3 aromatic rings. The molecule has 6 nitrogen and oxygen atoms in total. The van der Waals surface area contributed by atoms with Crippen LogP contribution in [-0.2, 0) is 13.6 Å². The van der Waals surface area contributed by atoms with Crippen molar-refractivity contribution in [1.29, 1.82) is 0 Å². The van der Waals surface area contributed by atoms with E-state index in [1.54, 1.807) is 7.11 Å². The number of hydrogen-bond donors (Lipinski definition) is 0. The van der Waals surface area contributed by atoms with Crippen LogP contribution in [0.2, 0.25) is 0 Å². The molecule has 0 unspecified atom stereocenters. The first-order valence-corrected chi connectivity index (χ1v) is 8.78. The van der Waals surface area contributed by atoms with Crippen LogP contribution in [0.15, 0.2) is 23.0 Å². The van der Waals surface area contributed by atoms with Crippen LogP contribution in [0.1, 0.15) is 19.5 Å². The van der Waals surface area contributed by atoms with E-state index in [1.165, 1.54) is 0 Å². The summed E-state index contributed by atoms with van der Waals surface area (Å²) in [5, 5.41) is 6.09. The first-order chi connectivity index (χ1) is 12.0. The van der Waals surface area contributed by atoms with Crippen LogP contribution >= 0.6 is 12.4 Å². The normalized spacial score (nSPS) is 11.3. The monoisotopic (exact) mass is 378 g/mol. The van der Waals surface area contributed by atoms with Crippen molar-refractivity contribution in [1.82, 2.24) is 19.2 Å². The molecule has 0 saturated heterocycles. The van der Waals surface area contributed by atoms with Crippen molar-refractivity contribution >= 4 is 34.3 Å². The van der Waals surface area contributed by atoms with Crippen LogP contribution in [-0.4, -0.2) is 46.0 Å². The topological polar surface area (TPSA) is 52.3 Å². The summed E-state index contributed by atoms with van der Waals surface area (Å²) in [4.78, 5) is 15.4. The summed E-state index contributed by atoms with van der Waals surface area (Å²) < 4.78 is 9.23. The van der Waals surface area contributed by atoms with Gasteiger partial charge in [-0.05, 0) is 38.2 Å². The zero-order valence-corrected chi connectivity index (χ0v) is 16.9. The standard InChI is InChI=1S/C19H26N4O2.ClH/c1-6-22(7-2)10-11-23-13(3)17-18(24)15-12-14(25-5)8-9-16(15)21(4)19(17)20-23;/h8-9,12H,6-7,10-11H2,1-5H3;1H. The Kier molecular flexibility index (Phi) is 6.31. The number of benzene rings is 1. The molecule has 0 aliphatic rings. The number of nitrogens with zero attached hydrogens (tertiary/aromatic N) is 4. The SMILES string of the molecule is CCN(CC)CCn1nc2c(c1C)c(=O)c1cc(OC)ccc1n2C.Cl. The Hall–Kier alpha value is -2.05. The zero-order valence-electron chi connectivity index (χ0n) is 16.1. The van der Waals surface area contributed by atoms with Gasteiger partial charge in [-0.1, -0.05) is 13.8 Å². The average molecular weight is 379 g/mol. The molecule has 142 valence electrons. The Balaban J connectivity index is 0.00000243. The highest BCUT2D eigenvalue weighted by Gasteiger charge is 2.17. The van der Waals surface area contributed by atoms with Crippen molar-refractivity contribution in [2.24, 2.45) is 7.05 Å². The van der Waals surface area contributed by atoms with E-state index in [1.807, 2.05) is 41.4 Å². The fourth-order valence-electron chi connectivity index (χ4n) is 3.39. The van der Waals surface area contributed by atoms with E-state index in [-0.39, 0.29) is 17.8 Å². The van der Waals surface area contributed by atoms with Gasteiger partial charge in [0.25, 0.3) is 0 Å². The minimum absolute atomic E-state index is 0. The number of methoxy groups -OCH3 is 1. The van der Waals surface area contributed by atoms with Crippen molar-refractivity contribution in [3.05, 3.63) is 34.1 Å². The minimum Gasteiger partial charge on any atom is -0.497 e. The van der Waals surface area contributed by atoms with Gasteiger partial charge in [0.1, 0.15) is 5.75 Å². The third kappa shape index (κ3) is 3.31. The molecule has 0 N–H and O–H groups in total. The highest BCUT2D eigenvalue weighted by Crippen LogP contribution is 2.23. The lowest BCUT2D eigenvalue weighted by Crippen LogP contribution is -2.27. The Bertz CT molecular complexity index is 973. The van der Waals surface area contributed by atoms with Gasteiger partial charge < -0.3 is 14.2 Å². The fourth-order valence-corrected chi connectivity index (χ4v) is 3.39. The van der Waals surface area contributed by atoms with Gasteiger partial charge in [0.15, 0.2) is 5.65 Å². The highest BCUT2D eigenvalue weighted by molar-refractivity contribution is 5.93.